The van der Waals surface area contributed by atoms with E-state index in [1.807, 2.05) is 0 Å². The Morgan fingerprint density at radius 2 is 1.83 bits per heavy atom. The molecular weight excluding hydrogens is 392 g/mol. The van der Waals surface area contributed by atoms with E-state index < -0.39 is 16.0 Å². The molecule has 3 aromatic carbocycles. The van der Waals surface area contributed by atoms with Crippen molar-refractivity contribution >= 4 is 44.0 Å². The Hall–Kier alpha value is -3.39. The molecule has 29 heavy (non-hydrogen) atoms. The minimum atomic E-state index is -4.12. The molecule has 0 fully saturated rings. The first-order valence-corrected chi connectivity index (χ1v) is 10.5. The van der Waals surface area contributed by atoms with Crippen molar-refractivity contribution < 1.29 is 23.1 Å². The highest BCUT2D eigenvalue weighted by atomic mass is 32.2. The summed E-state index contributed by atoms with van der Waals surface area (Å²) in [4.78, 5) is 23.7. The number of sulfonamides is 1. The van der Waals surface area contributed by atoms with Crippen molar-refractivity contribution in [2.45, 2.75) is 18.2 Å². The summed E-state index contributed by atoms with van der Waals surface area (Å²) >= 11 is 0. The number of carbonyl (C=O) groups excluding carboxylic acids is 2. The highest BCUT2D eigenvalue weighted by molar-refractivity contribution is 7.93. The van der Waals surface area contributed by atoms with Gasteiger partial charge in [-0.25, -0.2) is 8.42 Å². The molecule has 1 N–H and O–H groups in total. The van der Waals surface area contributed by atoms with Crippen LogP contribution in [0.4, 0.5) is 11.4 Å². The molecule has 148 valence electrons. The predicted molar refractivity (Wildman–Crippen MR) is 107 cm³/mol. The Labute approximate surface area is 167 Å². The van der Waals surface area contributed by atoms with E-state index in [1.54, 1.807) is 37.3 Å². The number of aromatic carboxylic acids is 1. The number of carboxylic acid groups (broad SMARTS) is 1. The third kappa shape index (κ3) is 2.92. The number of carboxylic acids is 1. The van der Waals surface area contributed by atoms with Crippen molar-refractivity contribution in [3.8, 4) is 0 Å². The van der Waals surface area contributed by atoms with Crippen molar-refractivity contribution in [2.24, 2.45) is 0 Å². The Morgan fingerprint density at radius 1 is 1.07 bits per heavy atom. The van der Waals surface area contributed by atoms with Crippen molar-refractivity contribution in [3.63, 3.8) is 0 Å². The Morgan fingerprint density at radius 3 is 2.55 bits per heavy atom. The number of hydrogen-bond acceptors (Lipinski definition) is 5. The van der Waals surface area contributed by atoms with Gasteiger partial charge in [-0.1, -0.05) is 37.3 Å². The molecule has 0 saturated carbocycles. The summed E-state index contributed by atoms with van der Waals surface area (Å²) in [6.45, 7) is 1.90. The molecule has 3 aromatic rings. The summed E-state index contributed by atoms with van der Waals surface area (Å²) in [6, 6.07) is 13.8. The first kappa shape index (κ1) is 18.9. The molecule has 0 atom stereocenters. The van der Waals surface area contributed by atoms with Crippen LogP contribution in [0.1, 0.15) is 34.1 Å². The van der Waals surface area contributed by atoms with E-state index in [1.165, 1.54) is 24.3 Å². The standard InChI is InChI=1S/C21H18N2O5S/c1-2-12-23(17-9-4-3-6-13(17)21(25)26)29(27,28)18-11-10-16-19-14(18)7-5-8-15(19)20(24)22-16/h3-11H,2,12H2,1H3,(H,22,24)(H,25,26)/p-1. The van der Waals surface area contributed by atoms with Gasteiger partial charge in [0.2, 0.25) is 0 Å². The number of benzene rings is 3. The first-order valence-electron chi connectivity index (χ1n) is 9.06. The van der Waals surface area contributed by atoms with Crippen LogP contribution in [0.5, 0.6) is 0 Å². The molecule has 0 spiro atoms. The van der Waals surface area contributed by atoms with Gasteiger partial charge in [-0.05, 0) is 30.7 Å². The maximum absolute atomic E-state index is 13.6. The highest BCUT2D eigenvalue weighted by Gasteiger charge is 2.31. The molecular formula is C21H17N2O5S-. The summed E-state index contributed by atoms with van der Waals surface area (Å²) in [5, 5.41) is 15.2. The second-order valence-electron chi connectivity index (χ2n) is 6.68. The normalized spacial score (nSPS) is 12.8. The quantitative estimate of drug-likeness (QED) is 0.673. The van der Waals surface area contributed by atoms with Crippen molar-refractivity contribution in [3.05, 3.63) is 65.7 Å². The van der Waals surface area contributed by atoms with E-state index in [0.29, 0.717) is 28.4 Å². The zero-order chi connectivity index (χ0) is 20.8. The third-order valence-electron chi connectivity index (χ3n) is 4.88. The van der Waals surface area contributed by atoms with Crippen LogP contribution < -0.4 is 14.7 Å². The Kier molecular flexibility index (Phi) is 4.50. The average molecular weight is 409 g/mol. The fraction of sp³-hybridized carbons (Fsp3) is 0.143. The number of anilines is 2. The molecule has 1 amide bonds. The summed E-state index contributed by atoms with van der Waals surface area (Å²) in [7, 11) is -4.12. The van der Waals surface area contributed by atoms with Crippen LogP contribution >= 0.6 is 0 Å². The van der Waals surface area contributed by atoms with Crippen LogP contribution in [0, 0.1) is 0 Å². The monoisotopic (exact) mass is 409 g/mol. The number of carbonyl (C=O) groups is 2. The Balaban J connectivity index is 1.96. The van der Waals surface area contributed by atoms with Crippen molar-refractivity contribution in [1.82, 2.24) is 0 Å². The third-order valence-corrected chi connectivity index (χ3v) is 6.75. The predicted octanol–water partition coefficient (Wildman–Crippen LogP) is 2.37. The number of para-hydroxylation sites is 1. The first-order chi connectivity index (χ1) is 13.9. The van der Waals surface area contributed by atoms with Gasteiger partial charge in [-0.2, -0.15) is 0 Å². The van der Waals surface area contributed by atoms with E-state index in [2.05, 4.69) is 5.32 Å². The zero-order valence-corrected chi connectivity index (χ0v) is 16.3. The van der Waals surface area contributed by atoms with Crippen molar-refractivity contribution in [1.29, 1.82) is 0 Å². The fourth-order valence-corrected chi connectivity index (χ4v) is 5.41. The fourth-order valence-electron chi connectivity index (χ4n) is 3.64. The van der Waals surface area contributed by atoms with Gasteiger partial charge in [0.05, 0.1) is 16.6 Å². The van der Waals surface area contributed by atoms with Gasteiger partial charge in [-0.3, -0.25) is 9.10 Å². The van der Waals surface area contributed by atoms with Crippen LogP contribution in [0.2, 0.25) is 0 Å². The van der Waals surface area contributed by atoms with E-state index in [-0.39, 0.29) is 28.6 Å². The van der Waals surface area contributed by atoms with Gasteiger partial charge in [0.15, 0.2) is 0 Å². The lowest BCUT2D eigenvalue weighted by Gasteiger charge is -2.27. The molecule has 0 aliphatic carbocycles. The van der Waals surface area contributed by atoms with Crippen LogP contribution in [-0.4, -0.2) is 26.8 Å². The molecule has 8 heteroatoms. The summed E-state index contributed by atoms with van der Waals surface area (Å²) in [6.07, 6.45) is 0.474. The maximum Gasteiger partial charge on any atom is 0.264 e. The summed E-state index contributed by atoms with van der Waals surface area (Å²) in [5.74, 6) is -1.74. The molecule has 1 heterocycles. The molecule has 7 nitrogen and oxygen atoms in total. The van der Waals surface area contributed by atoms with Crippen LogP contribution in [-0.2, 0) is 10.0 Å². The average Bonchev–Trinajstić information content (AvgIpc) is 3.03. The molecule has 0 aromatic heterocycles. The lowest BCUT2D eigenvalue weighted by molar-refractivity contribution is -0.254. The molecule has 0 unspecified atom stereocenters. The van der Waals surface area contributed by atoms with E-state index in [9.17, 15) is 23.1 Å². The van der Waals surface area contributed by atoms with Gasteiger partial charge in [-0.15, -0.1) is 0 Å². The number of amides is 1. The largest absolute Gasteiger partial charge is 0.545 e. The topological polar surface area (TPSA) is 107 Å². The number of nitrogens with one attached hydrogen (secondary N) is 1. The number of rotatable bonds is 6. The lowest BCUT2D eigenvalue weighted by atomic mass is 10.1. The number of nitrogens with zero attached hydrogens (tertiary/aromatic N) is 1. The molecule has 4 rings (SSSR count). The maximum atomic E-state index is 13.6. The van der Waals surface area contributed by atoms with Gasteiger partial charge in [0.1, 0.15) is 0 Å². The minimum absolute atomic E-state index is 0.0104. The van der Waals surface area contributed by atoms with Crippen molar-refractivity contribution in [2.75, 3.05) is 16.2 Å². The van der Waals surface area contributed by atoms with Gasteiger partial charge in [0.25, 0.3) is 15.9 Å². The van der Waals surface area contributed by atoms with Crippen LogP contribution in [0.25, 0.3) is 10.8 Å². The van der Waals surface area contributed by atoms with E-state index in [4.69, 9.17) is 0 Å². The van der Waals surface area contributed by atoms with Gasteiger partial charge >= 0.3 is 0 Å². The SMILES string of the molecule is CCCN(c1ccccc1C(=O)[O-])S(=O)(=O)c1ccc2c3c(cccc13)C(=O)N2. The zero-order valence-electron chi connectivity index (χ0n) is 15.5. The minimum Gasteiger partial charge on any atom is -0.545 e. The summed E-state index contributed by atoms with van der Waals surface area (Å²) < 4.78 is 28.4. The van der Waals surface area contributed by atoms with E-state index in [0.717, 1.165) is 4.31 Å². The Bertz CT molecular complexity index is 1270. The van der Waals surface area contributed by atoms with Gasteiger partial charge < -0.3 is 15.2 Å². The van der Waals surface area contributed by atoms with Crippen LogP contribution in [0.15, 0.2) is 59.5 Å². The second kappa shape index (κ2) is 6.89. The number of hydrogen-bond donors (Lipinski definition) is 1. The smallest absolute Gasteiger partial charge is 0.264 e. The molecule has 1 aliphatic heterocycles. The molecule has 0 radical (unpaired) electrons. The van der Waals surface area contributed by atoms with Crippen LogP contribution in [0.3, 0.4) is 0 Å². The molecule has 0 bridgehead atoms. The lowest BCUT2D eigenvalue weighted by Crippen LogP contribution is -2.35. The molecule has 1 aliphatic rings. The summed E-state index contributed by atoms with van der Waals surface area (Å²) in [5.41, 5.74) is 0.808. The van der Waals surface area contributed by atoms with E-state index >= 15 is 0 Å². The molecule has 0 saturated heterocycles. The van der Waals surface area contributed by atoms with Gasteiger partial charge in [0, 0.05) is 34.1 Å². The second-order valence-corrected chi connectivity index (χ2v) is 8.51. The highest BCUT2D eigenvalue weighted by Crippen LogP contribution is 2.38.